The van der Waals surface area contributed by atoms with Crippen molar-refractivity contribution in [3.63, 3.8) is 0 Å². The monoisotopic (exact) mass is 385 g/mol. The van der Waals surface area contributed by atoms with Crippen molar-refractivity contribution in [2.75, 3.05) is 23.3 Å². The lowest BCUT2D eigenvalue weighted by molar-refractivity contribution is 0.102. The van der Waals surface area contributed by atoms with Gasteiger partial charge in [-0.15, -0.1) is 5.10 Å². The molecule has 0 spiro atoms. The first-order valence-electron chi connectivity index (χ1n) is 9.08. The maximum atomic E-state index is 12.8. The van der Waals surface area contributed by atoms with E-state index in [-0.39, 0.29) is 11.1 Å². The molecular weight excluding hydrogens is 366 g/mol. The number of halogens is 1. The summed E-state index contributed by atoms with van der Waals surface area (Å²) in [7, 11) is 1.75. The van der Waals surface area contributed by atoms with E-state index in [1.54, 1.807) is 28.5 Å². The van der Waals surface area contributed by atoms with Gasteiger partial charge in [0.05, 0.1) is 11.2 Å². The van der Waals surface area contributed by atoms with Gasteiger partial charge < -0.3 is 15.5 Å². The summed E-state index contributed by atoms with van der Waals surface area (Å²) in [4.78, 5) is 15.1. The highest BCUT2D eigenvalue weighted by Gasteiger charge is 2.34. The van der Waals surface area contributed by atoms with Crippen LogP contribution in [0.5, 0.6) is 0 Å². The van der Waals surface area contributed by atoms with E-state index in [9.17, 15) is 4.79 Å². The molecule has 0 aliphatic carbocycles. The van der Waals surface area contributed by atoms with Crippen LogP contribution < -0.4 is 15.5 Å². The number of amides is 1. The highest BCUT2D eigenvalue weighted by molar-refractivity contribution is 6.32. The first-order chi connectivity index (χ1) is 13.1. The Hall–Kier alpha value is -2.58. The third-order valence-electron chi connectivity index (χ3n) is 5.40. The van der Waals surface area contributed by atoms with E-state index in [0.717, 1.165) is 24.4 Å². The number of anilines is 2. The van der Waals surface area contributed by atoms with Crippen molar-refractivity contribution in [3.05, 3.63) is 41.3 Å². The molecule has 2 N–H and O–H groups in total. The Kier molecular flexibility index (Phi) is 3.84. The molecular formula is C18H20ClN7O. The summed E-state index contributed by atoms with van der Waals surface area (Å²) < 4.78 is 3.26. The number of carbonyl (C=O) groups excluding carboxylic acids is 1. The van der Waals surface area contributed by atoms with Crippen LogP contribution in [0, 0.1) is 0 Å². The van der Waals surface area contributed by atoms with E-state index in [2.05, 4.69) is 20.6 Å². The molecule has 3 aliphatic rings. The molecule has 6 heterocycles. The van der Waals surface area contributed by atoms with Gasteiger partial charge in [-0.2, -0.15) is 5.10 Å². The second kappa shape index (κ2) is 6.24. The number of piperazine rings is 1. The lowest BCUT2D eigenvalue weighted by Gasteiger charge is -2.46. The molecule has 0 radical (unpaired) electrons. The van der Waals surface area contributed by atoms with Crippen LogP contribution in [0.25, 0.3) is 5.52 Å². The highest BCUT2D eigenvalue weighted by atomic mass is 35.5. The zero-order chi connectivity index (χ0) is 18.5. The van der Waals surface area contributed by atoms with Crippen molar-refractivity contribution >= 4 is 34.5 Å². The van der Waals surface area contributed by atoms with Gasteiger partial charge in [-0.25, -0.2) is 4.52 Å². The molecule has 9 heteroatoms. The summed E-state index contributed by atoms with van der Waals surface area (Å²) in [6.07, 6.45) is 4.06. The first kappa shape index (κ1) is 16.6. The number of rotatable bonds is 3. The lowest BCUT2D eigenvalue weighted by Crippen LogP contribution is -2.61. The second-order valence-electron chi connectivity index (χ2n) is 7.20. The zero-order valence-corrected chi connectivity index (χ0v) is 15.6. The Balaban J connectivity index is 1.46. The summed E-state index contributed by atoms with van der Waals surface area (Å²) in [5.74, 6) is 0.639. The van der Waals surface area contributed by atoms with Crippen molar-refractivity contribution in [1.29, 1.82) is 0 Å². The molecule has 3 aromatic heterocycles. The molecule has 3 fully saturated rings. The molecule has 3 saturated heterocycles. The number of nitrogens with zero attached hydrogens (tertiary/aromatic N) is 5. The predicted octanol–water partition coefficient (Wildman–Crippen LogP) is 1.91. The number of carbonyl (C=O) groups is 1. The topological polar surface area (TPSA) is 79.5 Å². The third-order valence-corrected chi connectivity index (χ3v) is 5.68. The smallest absolute Gasteiger partial charge is 0.274 e. The molecule has 0 saturated carbocycles. The number of hydrogen-bond donors (Lipinski definition) is 2. The molecule has 140 valence electrons. The molecule has 1 amide bonds. The number of hydrogen-bond acceptors (Lipinski definition) is 5. The fourth-order valence-corrected chi connectivity index (χ4v) is 4.24. The standard InChI is InChI=1S/C18H20ClN7O/c1-24-10-14(17(19)23-24)21-18(27)15-6-4-12-5-7-16(22-26(12)15)25-9-11-2-3-13(25)8-20-11/h4-7,10-11,13,20H,2-3,8-9H2,1H3,(H,21,27)/t11-,13-/m0/s1. The minimum absolute atomic E-state index is 0.261. The van der Waals surface area contributed by atoms with Crippen molar-refractivity contribution in [2.24, 2.45) is 7.05 Å². The molecule has 6 rings (SSSR count). The molecule has 8 nitrogen and oxygen atoms in total. The van der Waals surface area contributed by atoms with Gasteiger partial charge in [-0.1, -0.05) is 11.6 Å². The average Bonchev–Trinajstić information content (AvgIpc) is 3.24. The SMILES string of the molecule is Cn1cc(NC(=O)c2ccc3ccc(N4C[C@@H]5CC[C@H]4CN5)nn23)c(Cl)n1. The van der Waals surface area contributed by atoms with Gasteiger partial charge in [0.25, 0.3) is 5.91 Å². The van der Waals surface area contributed by atoms with Crippen LogP contribution in [0.15, 0.2) is 30.5 Å². The van der Waals surface area contributed by atoms with Crippen molar-refractivity contribution < 1.29 is 4.79 Å². The Labute approximate surface area is 161 Å². The second-order valence-corrected chi connectivity index (χ2v) is 7.55. The van der Waals surface area contributed by atoms with E-state index < -0.39 is 0 Å². The van der Waals surface area contributed by atoms with E-state index in [0.29, 0.717) is 23.5 Å². The number of nitrogens with one attached hydrogen (secondary N) is 2. The molecule has 3 aliphatic heterocycles. The van der Waals surface area contributed by atoms with Crippen LogP contribution in [-0.2, 0) is 7.05 Å². The van der Waals surface area contributed by atoms with Gasteiger partial charge >= 0.3 is 0 Å². The number of aryl methyl sites for hydroxylation is 1. The van der Waals surface area contributed by atoms with Crippen molar-refractivity contribution in [2.45, 2.75) is 24.9 Å². The Bertz CT molecular complexity index is 1020. The van der Waals surface area contributed by atoms with Gasteiger partial charge in [-0.3, -0.25) is 9.48 Å². The van der Waals surface area contributed by atoms with Crippen LogP contribution in [-0.4, -0.2) is 50.5 Å². The Morgan fingerprint density at radius 3 is 2.78 bits per heavy atom. The fourth-order valence-electron chi connectivity index (χ4n) is 4.02. The molecule has 0 unspecified atom stereocenters. The first-order valence-corrected chi connectivity index (χ1v) is 9.45. The van der Waals surface area contributed by atoms with Crippen LogP contribution in [0.4, 0.5) is 11.5 Å². The van der Waals surface area contributed by atoms with Crippen LogP contribution >= 0.6 is 11.6 Å². The number of aromatic nitrogens is 4. The molecule has 2 bridgehead atoms. The fraction of sp³-hybridized carbons (Fsp3) is 0.389. The van der Waals surface area contributed by atoms with E-state index in [1.807, 2.05) is 18.2 Å². The van der Waals surface area contributed by atoms with Gasteiger partial charge in [0, 0.05) is 38.4 Å². The van der Waals surface area contributed by atoms with Crippen LogP contribution in [0.2, 0.25) is 5.15 Å². The predicted molar refractivity (Wildman–Crippen MR) is 104 cm³/mol. The molecule has 27 heavy (non-hydrogen) atoms. The van der Waals surface area contributed by atoms with Crippen LogP contribution in [0.1, 0.15) is 23.3 Å². The summed E-state index contributed by atoms with van der Waals surface area (Å²) in [6, 6.07) is 8.69. The Morgan fingerprint density at radius 1 is 1.26 bits per heavy atom. The third kappa shape index (κ3) is 2.85. The van der Waals surface area contributed by atoms with E-state index >= 15 is 0 Å². The Morgan fingerprint density at radius 2 is 2.11 bits per heavy atom. The quantitative estimate of drug-likeness (QED) is 0.720. The van der Waals surface area contributed by atoms with Crippen molar-refractivity contribution in [1.82, 2.24) is 24.7 Å². The maximum Gasteiger partial charge on any atom is 0.274 e. The molecule has 0 aromatic carbocycles. The molecule has 2 atom stereocenters. The summed E-state index contributed by atoms with van der Waals surface area (Å²) in [5, 5.41) is 15.4. The van der Waals surface area contributed by atoms with Gasteiger partial charge in [-0.05, 0) is 37.1 Å². The zero-order valence-electron chi connectivity index (χ0n) is 14.9. The van der Waals surface area contributed by atoms with Gasteiger partial charge in [0.2, 0.25) is 0 Å². The normalized spacial score (nSPS) is 21.8. The summed E-state index contributed by atoms with van der Waals surface area (Å²) in [5.41, 5.74) is 1.82. The minimum Gasteiger partial charge on any atom is -0.349 e. The van der Waals surface area contributed by atoms with Gasteiger partial charge in [0.15, 0.2) is 5.15 Å². The number of fused-ring (bicyclic) bond motifs is 4. The lowest BCUT2D eigenvalue weighted by atomic mass is 9.93. The highest BCUT2D eigenvalue weighted by Crippen LogP contribution is 2.27. The largest absolute Gasteiger partial charge is 0.349 e. The summed E-state index contributed by atoms with van der Waals surface area (Å²) >= 11 is 6.05. The van der Waals surface area contributed by atoms with Crippen LogP contribution in [0.3, 0.4) is 0 Å². The van der Waals surface area contributed by atoms with E-state index in [1.165, 1.54) is 12.8 Å². The number of piperidine rings is 2. The molecule has 3 aromatic rings. The van der Waals surface area contributed by atoms with E-state index in [4.69, 9.17) is 16.7 Å². The summed E-state index contributed by atoms with van der Waals surface area (Å²) in [6.45, 7) is 1.94. The maximum absolute atomic E-state index is 12.8. The average molecular weight is 386 g/mol. The minimum atomic E-state index is -0.267. The van der Waals surface area contributed by atoms with Gasteiger partial charge in [0.1, 0.15) is 11.5 Å². The van der Waals surface area contributed by atoms with Crippen molar-refractivity contribution in [3.8, 4) is 0 Å².